The molecule has 0 atom stereocenters. The van der Waals surface area contributed by atoms with Gasteiger partial charge in [-0.3, -0.25) is 0 Å². The molecule has 0 spiro atoms. The number of halogens is 3. The van der Waals surface area contributed by atoms with Gasteiger partial charge in [-0.15, -0.1) is 0 Å². The van der Waals surface area contributed by atoms with E-state index in [0.29, 0.717) is 16.7 Å². The van der Waals surface area contributed by atoms with Crippen LogP contribution in [-0.2, 0) is 0 Å². The third-order valence-electron chi connectivity index (χ3n) is 3.23. The number of rotatable bonds is 2. The third kappa shape index (κ3) is 3.83. The fourth-order valence-corrected chi connectivity index (χ4v) is 1.88. The largest absolute Gasteiger partial charge is 0.394 e. The van der Waals surface area contributed by atoms with Crippen molar-refractivity contribution in [3.05, 3.63) is 77.7 Å². The van der Waals surface area contributed by atoms with Crippen molar-refractivity contribution in [2.24, 2.45) is 0 Å². The van der Waals surface area contributed by atoms with E-state index < -0.39 is 23.1 Å². The number of benzene rings is 2. The molecule has 4 heteroatoms. The maximum Gasteiger partial charge on any atom is 0.149 e. The van der Waals surface area contributed by atoms with Crippen LogP contribution < -0.4 is 5.73 Å². The molecule has 0 aliphatic rings. The smallest absolute Gasteiger partial charge is 0.149 e. The Balaban J connectivity index is 2.31. The molecule has 0 fully saturated rings. The van der Waals surface area contributed by atoms with Crippen LogP contribution in [0.1, 0.15) is 12.5 Å². The molecule has 0 aliphatic carbocycles. The molecule has 0 aromatic heterocycles. The zero-order valence-corrected chi connectivity index (χ0v) is 12.5. The number of hydrogen-bond acceptors (Lipinski definition) is 1. The van der Waals surface area contributed by atoms with Crippen LogP contribution in [0.2, 0.25) is 0 Å². The Labute approximate surface area is 132 Å². The van der Waals surface area contributed by atoms with Crippen LogP contribution in [0.3, 0.4) is 0 Å². The average molecular weight is 313 g/mol. The van der Waals surface area contributed by atoms with Crippen LogP contribution in [0.25, 0.3) is 11.1 Å². The quantitative estimate of drug-likeness (QED) is 0.471. The second kappa shape index (κ2) is 6.89. The minimum Gasteiger partial charge on any atom is -0.394 e. The Morgan fingerprint density at radius 1 is 1.09 bits per heavy atom. The first kappa shape index (κ1) is 16.4. The Morgan fingerprint density at radius 3 is 2.17 bits per heavy atom. The number of nitrogen functional groups attached to an aromatic ring is 1. The molecule has 2 N–H and O–H groups in total. The molecular weight excluding hydrogens is 299 g/mol. The molecule has 2 rings (SSSR count). The van der Waals surface area contributed by atoms with Gasteiger partial charge in [-0.05, 0) is 48.4 Å². The summed E-state index contributed by atoms with van der Waals surface area (Å²) in [5.41, 5.74) is 6.69. The fraction of sp³-hybridized carbons (Fsp3) is 0.0526. The number of allylic oxidation sites excluding steroid dienone is 3. The fourth-order valence-electron chi connectivity index (χ4n) is 1.88. The Kier molecular flexibility index (Phi) is 4.92. The van der Waals surface area contributed by atoms with Gasteiger partial charge in [0.1, 0.15) is 23.1 Å². The zero-order valence-electron chi connectivity index (χ0n) is 12.5. The van der Waals surface area contributed by atoms with Gasteiger partial charge in [0.05, 0.1) is 0 Å². The molecule has 0 unspecified atom stereocenters. The van der Waals surface area contributed by atoms with Crippen LogP contribution in [0.5, 0.6) is 0 Å². The molecule has 23 heavy (non-hydrogen) atoms. The van der Waals surface area contributed by atoms with Gasteiger partial charge in [-0.25, -0.2) is 13.2 Å². The molecule has 0 saturated heterocycles. The van der Waals surface area contributed by atoms with Crippen molar-refractivity contribution >= 4 is 5.69 Å². The van der Waals surface area contributed by atoms with Crippen LogP contribution in [0, 0.1) is 23.5 Å². The molecule has 116 valence electrons. The molecule has 0 saturated carbocycles. The van der Waals surface area contributed by atoms with E-state index in [4.69, 9.17) is 5.73 Å². The van der Waals surface area contributed by atoms with E-state index in [9.17, 15) is 13.2 Å². The van der Waals surface area contributed by atoms with Crippen molar-refractivity contribution in [2.45, 2.75) is 6.92 Å². The van der Waals surface area contributed by atoms with Gasteiger partial charge in [0, 0.05) is 11.1 Å². The van der Waals surface area contributed by atoms with E-state index in [2.05, 4.69) is 18.4 Å². The summed E-state index contributed by atoms with van der Waals surface area (Å²) >= 11 is 0. The second-order valence-electron chi connectivity index (χ2n) is 4.86. The standard InChI is InChI=1S/C19H14F3N/c1-3-16(20)12(2)4-5-13-6-8-14(9-7-13)15-10-17(21)19(23)18(22)11-15/h3,6-11H,1,23H2,2H3/b16-12-. The minimum absolute atomic E-state index is 0.284. The molecule has 0 radical (unpaired) electrons. The van der Waals surface area contributed by atoms with E-state index >= 15 is 0 Å². The average Bonchev–Trinajstić information content (AvgIpc) is 2.56. The maximum atomic E-state index is 13.5. The SMILES string of the molecule is C=C/C(F)=C(\C)C#Cc1ccc(-c2cc(F)c(N)c(F)c2)cc1. The van der Waals surface area contributed by atoms with Crippen molar-refractivity contribution in [2.75, 3.05) is 5.73 Å². The van der Waals surface area contributed by atoms with Crippen LogP contribution in [0.15, 0.2) is 60.5 Å². The van der Waals surface area contributed by atoms with Gasteiger partial charge in [-0.2, -0.15) is 0 Å². The summed E-state index contributed by atoms with van der Waals surface area (Å²) in [6, 6.07) is 9.08. The first-order valence-electron chi connectivity index (χ1n) is 6.78. The summed E-state index contributed by atoms with van der Waals surface area (Å²) < 4.78 is 40.2. The summed E-state index contributed by atoms with van der Waals surface area (Å²) in [5.74, 6) is 3.41. The van der Waals surface area contributed by atoms with Gasteiger partial charge in [0.15, 0.2) is 0 Å². The van der Waals surface area contributed by atoms with Crippen molar-refractivity contribution in [3.8, 4) is 23.0 Å². The normalized spacial score (nSPS) is 11.3. The summed E-state index contributed by atoms with van der Waals surface area (Å²) in [5, 5.41) is 0. The van der Waals surface area contributed by atoms with E-state index in [-0.39, 0.29) is 5.57 Å². The van der Waals surface area contributed by atoms with Gasteiger partial charge >= 0.3 is 0 Å². The molecule has 1 nitrogen and oxygen atoms in total. The lowest BCUT2D eigenvalue weighted by Crippen LogP contribution is -1.96. The van der Waals surface area contributed by atoms with Crippen molar-refractivity contribution in [1.82, 2.24) is 0 Å². The molecule has 2 aromatic carbocycles. The Morgan fingerprint density at radius 2 is 1.65 bits per heavy atom. The number of anilines is 1. The first-order chi connectivity index (χ1) is 10.9. The van der Waals surface area contributed by atoms with Crippen LogP contribution in [0.4, 0.5) is 18.9 Å². The highest BCUT2D eigenvalue weighted by Crippen LogP contribution is 2.25. The molecule has 0 heterocycles. The Hall–Kier alpha value is -2.93. The zero-order chi connectivity index (χ0) is 17.0. The van der Waals surface area contributed by atoms with Crippen molar-refractivity contribution in [3.63, 3.8) is 0 Å². The molecule has 0 bridgehead atoms. The monoisotopic (exact) mass is 313 g/mol. The maximum absolute atomic E-state index is 13.5. The van der Waals surface area contributed by atoms with Crippen molar-refractivity contribution < 1.29 is 13.2 Å². The Bertz CT molecular complexity index is 814. The van der Waals surface area contributed by atoms with Crippen LogP contribution >= 0.6 is 0 Å². The van der Waals surface area contributed by atoms with E-state index in [0.717, 1.165) is 6.08 Å². The minimum atomic E-state index is -0.801. The molecule has 2 aromatic rings. The van der Waals surface area contributed by atoms with Crippen molar-refractivity contribution in [1.29, 1.82) is 0 Å². The lowest BCUT2D eigenvalue weighted by molar-refractivity contribution is 0.592. The van der Waals surface area contributed by atoms with Gasteiger partial charge < -0.3 is 5.73 Å². The summed E-state index contributed by atoms with van der Waals surface area (Å²) in [4.78, 5) is 0. The molecule has 0 aliphatic heterocycles. The highest BCUT2D eigenvalue weighted by molar-refractivity contribution is 5.67. The number of nitrogens with two attached hydrogens (primary N) is 1. The highest BCUT2D eigenvalue weighted by Gasteiger charge is 2.08. The lowest BCUT2D eigenvalue weighted by atomic mass is 10.0. The molecular formula is C19H14F3N. The molecule has 0 amide bonds. The summed E-state index contributed by atoms with van der Waals surface area (Å²) in [6.07, 6.45) is 1.09. The highest BCUT2D eigenvalue weighted by atomic mass is 19.1. The lowest BCUT2D eigenvalue weighted by Gasteiger charge is -2.05. The van der Waals surface area contributed by atoms with Gasteiger partial charge in [0.2, 0.25) is 0 Å². The van der Waals surface area contributed by atoms with E-state index in [1.807, 2.05) is 0 Å². The third-order valence-corrected chi connectivity index (χ3v) is 3.23. The van der Waals surface area contributed by atoms with Crippen LogP contribution in [-0.4, -0.2) is 0 Å². The van der Waals surface area contributed by atoms with E-state index in [1.165, 1.54) is 12.1 Å². The second-order valence-corrected chi connectivity index (χ2v) is 4.86. The summed E-state index contributed by atoms with van der Waals surface area (Å²) in [6.45, 7) is 4.89. The predicted molar refractivity (Wildman–Crippen MR) is 87.1 cm³/mol. The summed E-state index contributed by atoms with van der Waals surface area (Å²) in [7, 11) is 0. The van der Waals surface area contributed by atoms with E-state index in [1.54, 1.807) is 31.2 Å². The number of hydrogen-bond donors (Lipinski definition) is 1. The van der Waals surface area contributed by atoms with Gasteiger partial charge in [0.25, 0.3) is 0 Å². The van der Waals surface area contributed by atoms with Gasteiger partial charge in [-0.1, -0.05) is 30.6 Å². The first-order valence-corrected chi connectivity index (χ1v) is 6.78. The topological polar surface area (TPSA) is 26.0 Å². The predicted octanol–water partition coefficient (Wildman–Crippen LogP) is 5.00.